The second kappa shape index (κ2) is 6.68. The third-order valence-corrected chi connectivity index (χ3v) is 3.81. The van der Waals surface area contributed by atoms with Crippen molar-refractivity contribution in [3.63, 3.8) is 0 Å². The number of nitrogens with zero attached hydrogens (tertiary/aromatic N) is 1. The van der Waals surface area contributed by atoms with E-state index in [1.807, 2.05) is 5.38 Å². The van der Waals surface area contributed by atoms with E-state index in [9.17, 15) is 4.79 Å². The van der Waals surface area contributed by atoms with Crippen LogP contribution >= 0.6 is 22.9 Å². The second-order valence-corrected chi connectivity index (χ2v) is 5.40. The number of benzene rings is 1. The molecule has 19 heavy (non-hydrogen) atoms. The number of para-hydroxylation sites is 1. The van der Waals surface area contributed by atoms with Crippen LogP contribution in [0.5, 0.6) is 5.75 Å². The Kier molecular flexibility index (Phi) is 4.93. The van der Waals surface area contributed by atoms with Crippen molar-refractivity contribution in [3.05, 3.63) is 44.9 Å². The van der Waals surface area contributed by atoms with Gasteiger partial charge in [-0.3, -0.25) is 4.79 Å². The first-order valence-electron chi connectivity index (χ1n) is 6.04. The van der Waals surface area contributed by atoms with Gasteiger partial charge in [0.15, 0.2) is 6.29 Å². The van der Waals surface area contributed by atoms with E-state index in [4.69, 9.17) is 16.3 Å². The molecule has 100 valence electrons. The Morgan fingerprint density at radius 2 is 2.32 bits per heavy atom. The van der Waals surface area contributed by atoms with Gasteiger partial charge in [-0.25, -0.2) is 4.98 Å². The molecule has 0 atom stereocenters. The number of thiazole rings is 1. The maximum Gasteiger partial charge on any atom is 0.153 e. The van der Waals surface area contributed by atoms with Gasteiger partial charge in [0.25, 0.3) is 0 Å². The minimum absolute atomic E-state index is 0.324. The summed E-state index contributed by atoms with van der Waals surface area (Å²) in [4.78, 5) is 15.4. The molecule has 2 rings (SSSR count). The van der Waals surface area contributed by atoms with E-state index in [0.717, 1.165) is 29.8 Å². The van der Waals surface area contributed by atoms with Crippen LogP contribution in [0.4, 0.5) is 0 Å². The zero-order chi connectivity index (χ0) is 13.7. The van der Waals surface area contributed by atoms with Crippen LogP contribution in [0.2, 0.25) is 5.02 Å². The fourth-order valence-corrected chi connectivity index (χ4v) is 2.78. The number of hydrogen-bond acceptors (Lipinski definition) is 4. The average molecular weight is 296 g/mol. The minimum Gasteiger partial charge on any atom is -0.485 e. The van der Waals surface area contributed by atoms with Crippen molar-refractivity contribution in [2.24, 2.45) is 0 Å². The van der Waals surface area contributed by atoms with Crippen molar-refractivity contribution in [2.75, 3.05) is 0 Å². The van der Waals surface area contributed by atoms with Crippen LogP contribution in [0.15, 0.2) is 23.6 Å². The van der Waals surface area contributed by atoms with Gasteiger partial charge < -0.3 is 4.74 Å². The van der Waals surface area contributed by atoms with Crippen molar-refractivity contribution >= 4 is 29.2 Å². The zero-order valence-electron chi connectivity index (χ0n) is 10.6. The minimum atomic E-state index is 0.324. The summed E-state index contributed by atoms with van der Waals surface area (Å²) < 4.78 is 5.62. The Morgan fingerprint density at radius 3 is 3.05 bits per heavy atom. The lowest BCUT2D eigenvalue weighted by Crippen LogP contribution is -1.99. The highest BCUT2D eigenvalue weighted by Crippen LogP contribution is 2.28. The van der Waals surface area contributed by atoms with E-state index >= 15 is 0 Å². The molecule has 3 nitrogen and oxygen atoms in total. The van der Waals surface area contributed by atoms with E-state index in [-0.39, 0.29) is 0 Å². The molecule has 0 amide bonds. The van der Waals surface area contributed by atoms with Crippen LogP contribution < -0.4 is 4.74 Å². The third kappa shape index (κ3) is 3.55. The first-order chi connectivity index (χ1) is 9.24. The highest BCUT2D eigenvalue weighted by molar-refractivity contribution is 7.09. The van der Waals surface area contributed by atoms with Crippen molar-refractivity contribution in [1.29, 1.82) is 0 Å². The Morgan fingerprint density at radius 1 is 1.47 bits per heavy atom. The number of aryl methyl sites for hydroxylation is 1. The summed E-state index contributed by atoms with van der Waals surface area (Å²) >= 11 is 7.66. The van der Waals surface area contributed by atoms with Gasteiger partial charge in [0, 0.05) is 5.38 Å². The van der Waals surface area contributed by atoms with Gasteiger partial charge in [-0.05, 0) is 25.0 Å². The molecular weight excluding hydrogens is 282 g/mol. The SMILES string of the molecule is CCCc1nc(COc2c(Cl)cccc2C=O)cs1. The summed E-state index contributed by atoms with van der Waals surface area (Å²) in [5.74, 6) is 0.421. The Balaban J connectivity index is 2.07. The standard InChI is InChI=1S/C14H14ClNO2S/c1-2-4-13-16-11(9-19-13)8-18-14-10(7-17)5-3-6-12(14)15/h3,5-7,9H,2,4,8H2,1H3. The Hall–Kier alpha value is -1.39. The molecule has 1 heterocycles. The van der Waals surface area contributed by atoms with Crippen molar-refractivity contribution in [2.45, 2.75) is 26.4 Å². The lowest BCUT2D eigenvalue weighted by Gasteiger charge is -2.08. The summed E-state index contributed by atoms with van der Waals surface area (Å²) in [5, 5.41) is 3.52. The number of carbonyl (C=O) groups excluding carboxylic acids is 1. The summed E-state index contributed by atoms with van der Waals surface area (Å²) in [7, 11) is 0. The van der Waals surface area contributed by atoms with Crippen molar-refractivity contribution < 1.29 is 9.53 Å². The molecule has 1 aromatic carbocycles. The maximum atomic E-state index is 10.9. The summed E-state index contributed by atoms with van der Waals surface area (Å²) in [6.07, 6.45) is 2.80. The molecule has 0 aliphatic heterocycles. The highest BCUT2D eigenvalue weighted by atomic mass is 35.5. The molecule has 0 radical (unpaired) electrons. The van der Waals surface area contributed by atoms with Crippen LogP contribution in [0.3, 0.4) is 0 Å². The van der Waals surface area contributed by atoms with Crippen LogP contribution in [0.25, 0.3) is 0 Å². The number of aromatic nitrogens is 1. The number of halogens is 1. The summed E-state index contributed by atoms with van der Waals surface area (Å²) in [6.45, 7) is 2.45. The molecule has 0 unspecified atom stereocenters. The van der Waals surface area contributed by atoms with Crippen molar-refractivity contribution in [1.82, 2.24) is 4.98 Å². The number of rotatable bonds is 6. The molecule has 0 spiro atoms. The molecule has 0 aliphatic carbocycles. The van der Waals surface area contributed by atoms with E-state index < -0.39 is 0 Å². The number of carbonyl (C=O) groups is 1. The van der Waals surface area contributed by atoms with Crippen LogP contribution in [-0.2, 0) is 13.0 Å². The molecular formula is C14H14ClNO2S. The first kappa shape index (κ1) is 14.0. The topological polar surface area (TPSA) is 39.2 Å². The van der Waals surface area contributed by atoms with Gasteiger partial charge in [0.05, 0.1) is 21.3 Å². The van der Waals surface area contributed by atoms with Gasteiger partial charge >= 0.3 is 0 Å². The molecule has 0 saturated carbocycles. The third-order valence-electron chi connectivity index (χ3n) is 2.55. The fraction of sp³-hybridized carbons (Fsp3) is 0.286. The maximum absolute atomic E-state index is 10.9. The largest absolute Gasteiger partial charge is 0.485 e. The van der Waals surface area contributed by atoms with E-state index in [1.165, 1.54) is 0 Å². The summed E-state index contributed by atoms with van der Waals surface area (Å²) in [5.41, 5.74) is 1.32. The smallest absolute Gasteiger partial charge is 0.153 e. The van der Waals surface area contributed by atoms with Gasteiger partial charge in [-0.1, -0.05) is 24.6 Å². The number of hydrogen-bond donors (Lipinski definition) is 0. The molecule has 1 aromatic heterocycles. The summed E-state index contributed by atoms with van der Waals surface area (Å²) in [6, 6.07) is 5.10. The monoisotopic (exact) mass is 295 g/mol. The highest BCUT2D eigenvalue weighted by Gasteiger charge is 2.09. The van der Waals surface area contributed by atoms with Gasteiger partial charge in [0.2, 0.25) is 0 Å². The predicted octanol–water partition coefficient (Wildman–Crippen LogP) is 4.14. The second-order valence-electron chi connectivity index (χ2n) is 4.05. The van der Waals surface area contributed by atoms with Crippen LogP contribution in [0.1, 0.15) is 34.4 Å². The first-order valence-corrected chi connectivity index (χ1v) is 7.30. The normalized spacial score (nSPS) is 10.4. The quantitative estimate of drug-likeness (QED) is 0.752. The van der Waals surface area contributed by atoms with Gasteiger partial charge in [0.1, 0.15) is 12.4 Å². The lowest BCUT2D eigenvalue weighted by atomic mass is 10.2. The molecule has 0 fully saturated rings. The molecule has 0 aliphatic rings. The average Bonchev–Trinajstić information content (AvgIpc) is 2.85. The van der Waals surface area contributed by atoms with E-state index in [1.54, 1.807) is 29.5 Å². The lowest BCUT2D eigenvalue weighted by molar-refractivity contribution is 0.111. The Bertz CT molecular complexity index is 568. The molecule has 0 bridgehead atoms. The molecule has 5 heteroatoms. The van der Waals surface area contributed by atoms with Gasteiger partial charge in [-0.15, -0.1) is 11.3 Å². The van der Waals surface area contributed by atoms with Gasteiger partial charge in [-0.2, -0.15) is 0 Å². The molecule has 0 N–H and O–H groups in total. The Labute approximate surface area is 121 Å². The predicted molar refractivity (Wildman–Crippen MR) is 77.3 cm³/mol. The number of ether oxygens (including phenoxy) is 1. The van der Waals surface area contributed by atoms with Crippen molar-refractivity contribution in [3.8, 4) is 5.75 Å². The zero-order valence-corrected chi connectivity index (χ0v) is 12.1. The van der Waals surface area contributed by atoms with Crippen LogP contribution in [-0.4, -0.2) is 11.3 Å². The number of aldehydes is 1. The van der Waals surface area contributed by atoms with E-state index in [2.05, 4.69) is 11.9 Å². The van der Waals surface area contributed by atoms with E-state index in [0.29, 0.717) is 22.9 Å². The molecule has 0 saturated heterocycles. The molecule has 2 aromatic rings. The van der Waals surface area contributed by atoms with Crippen LogP contribution in [0, 0.1) is 0 Å². The fourth-order valence-electron chi connectivity index (χ4n) is 1.66.